The van der Waals surface area contributed by atoms with Crippen LogP contribution in [-0.2, 0) is 9.47 Å². The Morgan fingerprint density at radius 1 is 1.04 bits per heavy atom. The van der Waals surface area contributed by atoms with Crippen molar-refractivity contribution in [1.82, 2.24) is 5.32 Å². The summed E-state index contributed by atoms with van der Waals surface area (Å²) in [7, 11) is 0. The van der Waals surface area contributed by atoms with Gasteiger partial charge in [0.2, 0.25) is 0 Å². The molecule has 1 saturated heterocycles. The average Bonchev–Trinajstić information content (AvgIpc) is 2.79. The smallest absolute Gasteiger partial charge is 0.162 e. The van der Waals surface area contributed by atoms with Crippen molar-refractivity contribution >= 4 is 17.2 Å². The lowest BCUT2D eigenvalue weighted by atomic mass is 9.89. The van der Waals surface area contributed by atoms with Gasteiger partial charge in [-0.3, -0.25) is 0 Å². The lowest BCUT2D eigenvalue weighted by Crippen LogP contribution is -2.41. The number of nitrogens with one attached hydrogen (secondary N) is 1. The standard InChI is InChI=1S/C21H25NO3S/c1-21(2)24-13-17(18(23)14-25-21)19(15-9-5-3-6-10-15)22-20(26)16-11-7-4-8-12-16/h3-12,17-19,23H,13-14H2,1-2H3,(H,22,26)/t17-,18+,19+/m1/s1. The molecule has 1 aliphatic rings. The molecule has 0 radical (unpaired) electrons. The summed E-state index contributed by atoms with van der Waals surface area (Å²) in [6.45, 7) is 4.32. The van der Waals surface area contributed by atoms with E-state index in [9.17, 15) is 5.11 Å². The third-order valence-electron chi connectivity index (χ3n) is 4.63. The Kier molecular flexibility index (Phi) is 6.04. The highest BCUT2D eigenvalue weighted by molar-refractivity contribution is 7.80. The SMILES string of the molecule is CC1(C)OC[C@@H]([C@@H](NC(=S)c2ccccc2)c2ccccc2)[C@@H](O)CO1. The minimum Gasteiger partial charge on any atom is -0.390 e. The second-order valence-corrected chi connectivity index (χ2v) is 7.39. The third-order valence-corrected chi connectivity index (χ3v) is 4.98. The van der Waals surface area contributed by atoms with Gasteiger partial charge in [-0.1, -0.05) is 72.9 Å². The van der Waals surface area contributed by atoms with E-state index in [-0.39, 0.29) is 18.6 Å². The Morgan fingerprint density at radius 3 is 2.27 bits per heavy atom. The van der Waals surface area contributed by atoms with Crippen LogP contribution in [0.5, 0.6) is 0 Å². The first-order chi connectivity index (χ1) is 12.5. The van der Waals surface area contributed by atoms with Crippen LogP contribution in [0.2, 0.25) is 0 Å². The van der Waals surface area contributed by atoms with E-state index >= 15 is 0 Å². The maximum Gasteiger partial charge on any atom is 0.162 e. The van der Waals surface area contributed by atoms with E-state index in [1.165, 1.54) is 0 Å². The molecule has 3 atom stereocenters. The molecule has 1 heterocycles. The van der Waals surface area contributed by atoms with Gasteiger partial charge in [0.15, 0.2) is 5.79 Å². The minimum atomic E-state index is -0.711. The van der Waals surface area contributed by atoms with Gasteiger partial charge in [-0.25, -0.2) is 0 Å². The average molecular weight is 372 g/mol. The maximum atomic E-state index is 10.7. The van der Waals surface area contributed by atoms with Crippen molar-refractivity contribution in [3.63, 3.8) is 0 Å². The Hall–Kier alpha value is -1.79. The van der Waals surface area contributed by atoms with Gasteiger partial charge in [0, 0.05) is 11.5 Å². The molecular weight excluding hydrogens is 346 g/mol. The summed E-state index contributed by atoms with van der Waals surface area (Å²) < 4.78 is 11.6. The van der Waals surface area contributed by atoms with Crippen LogP contribution >= 0.6 is 12.2 Å². The molecule has 3 rings (SSSR count). The van der Waals surface area contributed by atoms with Crippen molar-refractivity contribution in [2.45, 2.75) is 31.8 Å². The molecule has 0 spiro atoms. The van der Waals surface area contributed by atoms with E-state index in [1.54, 1.807) is 0 Å². The predicted octanol–water partition coefficient (Wildman–Crippen LogP) is 3.45. The number of hydrogen-bond donors (Lipinski definition) is 2. The molecule has 0 unspecified atom stereocenters. The zero-order chi connectivity index (χ0) is 18.6. The third kappa shape index (κ3) is 4.68. The van der Waals surface area contributed by atoms with E-state index in [1.807, 2.05) is 74.5 Å². The molecule has 4 nitrogen and oxygen atoms in total. The van der Waals surface area contributed by atoms with Crippen LogP contribution in [0.15, 0.2) is 60.7 Å². The van der Waals surface area contributed by atoms with Crippen LogP contribution in [0.25, 0.3) is 0 Å². The second-order valence-electron chi connectivity index (χ2n) is 6.98. The fraction of sp³-hybridized carbons (Fsp3) is 0.381. The zero-order valence-corrected chi connectivity index (χ0v) is 15.9. The summed E-state index contributed by atoms with van der Waals surface area (Å²) in [5.74, 6) is -0.905. The van der Waals surface area contributed by atoms with E-state index in [4.69, 9.17) is 21.7 Å². The van der Waals surface area contributed by atoms with Gasteiger partial charge in [-0.05, 0) is 19.4 Å². The first kappa shape index (κ1) is 19.0. The molecule has 0 amide bonds. The molecular formula is C21H25NO3S. The van der Waals surface area contributed by atoms with Crippen molar-refractivity contribution in [3.8, 4) is 0 Å². The predicted molar refractivity (Wildman–Crippen MR) is 106 cm³/mol. The van der Waals surface area contributed by atoms with E-state index in [0.717, 1.165) is 11.1 Å². The van der Waals surface area contributed by atoms with Crippen LogP contribution in [0.4, 0.5) is 0 Å². The molecule has 5 heteroatoms. The molecule has 138 valence electrons. The van der Waals surface area contributed by atoms with Crippen LogP contribution in [0.3, 0.4) is 0 Å². The largest absolute Gasteiger partial charge is 0.390 e. The number of rotatable bonds is 4. The summed E-state index contributed by atoms with van der Waals surface area (Å²) in [6.07, 6.45) is -0.659. The fourth-order valence-electron chi connectivity index (χ4n) is 3.09. The summed E-state index contributed by atoms with van der Waals surface area (Å²) in [5.41, 5.74) is 2.00. The number of benzene rings is 2. The first-order valence-corrected chi connectivity index (χ1v) is 9.24. The van der Waals surface area contributed by atoms with Crippen LogP contribution in [0, 0.1) is 5.92 Å². The maximum absolute atomic E-state index is 10.7. The molecule has 26 heavy (non-hydrogen) atoms. The van der Waals surface area contributed by atoms with Crippen LogP contribution < -0.4 is 5.32 Å². The Bertz CT molecular complexity index is 721. The first-order valence-electron chi connectivity index (χ1n) is 8.83. The highest BCUT2D eigenvalue weighted by atomic mass is 32.1. The highest BCUT2D eigenvalue weighted by Crippen LogP contribution is 2.31. The molecule has 2 aromatic rings. The Morgan fingerprint density at radius 2 is 1.62 bits per heavy atom. The number of thiocarbonyl (C=S) groups is 1. The van der Waals surface area contributed by atoms with Gasteiger partial charge < -0.3 is 19.9 Å². The van der Waals surface area contributed by atoms with Gasteiger partial charge in [-0.15, -0.1) is 0 Å². The second kappa shape index (κ2) is 8.27. The van der Waals surface area contributed by atoms with Crippen LogP contribution in [-0.4, -0.2) is 35.2 Å². The topological polar surface area (TPSA) is 50.7 Å². The van der Waals surface area contributed by atoms with Gasteiger partial charge in [-0.2, -0.15) is 0 Å². The minimum absolute atomic E-state index is 0.184. The number of ether oxygens (including phenoxy) is 2. The molecule has 0 saturated carbocycles. The van der Waals surface area contributed by atoms with E-state index in [2.05, 4.69) is 5.32 Å². The lowest BCUT2D eigenvalue weighted by molar-refractivity contribution is -0.204. The van der Waals surface area contributed by atoms with Crippen molar-refractivity contribution < 1.29 is 14.6 Å². The van der Waals surface area contributed by atoms with Crippen molar-refractivity contribution in [2.75, 3.05) is 13.2 Å². The molecule has 1 fully saturated rings. The molecule has 1 aliphatic heterocycles. The Labute approximate surface area is 160 Å². The van der Waals surface area contributed by atoms with Gasteiger partial charge >= 0.3 is 0 Å². The fourth-order valence-corrected chi connectivity index (χ4v) is 3.35. The highest BCUT2D eigenvalue weighted by Gasteiger charge is 2.37. The molecule has 2 aromatic carbocycles. The van der Waals surface area contributed by atoms with E-state index < -0.39 is 11.9 Å². The molecule has 0 aromatic heterocycles. The summed E-state index contributed by atoms with van der Waals surface area (Å²) in [4.78, 5) is 0.649. The van der Waals surface area contributed by atoms with Crippen molar-refractivity contribution in [3.05, 3.63) is 71.8 Å². The van der Waals surface area contributed by atoms with Crippen molar-refractivity contribution in [1.29, 1.82) is 0 Å². The molecule has 2 N–H and O–H groups in total. The van der Waals surface area contributed by atoms with Gasteiger partial charge in [0.1, 0.15) is 4.99 Å². The lowest BCUT2D eigenvalue weighted by Gasteiger charge is -2.31. The summed E-state index contributed by atoms with van der Waals surface area (Å²) in [6, 6.07) is 19.7. The van der Waals surface area contributed by atoms with E-state index in [0.29, 0.717) is 11.6 Å². The van der Waals surface area contributed by atoms with Gasteiger partial charge in [0.25, 0.3) is 0 Å². The number of aliphatic hydroxyl groups excluding tert-OH is 1. The monoisotopic (exact) mass is 371 g/mol. The zero-order valence-electron chi connectivity index (χ0n) is 15.1. The number of hydrogen-bond acceptors (Lipinski definition) is 4. The Balaban J connectivity index is 1.87. The molecule has 0 aliphatic carbocycles. The normalized spacial score (nSPS) is 23.7. The number of aliphatic hydroxyl groups is 1. The van der Waals surface area contributed by atoms with Gasteiger partial charge in [0.05, 0.1) is 25.4 Å². The summed E-state index contributed by atoms with van der Waals surface area (Å²) >= 11 is 5.62. The van der Waals surface area contributed by atoms with Crippen molar-refractivity contribution in [2.24, 2.45) is 5.92 Å². The summed E-state index contributed by atoms with van der Waals surface area (Å²) in [5, 5.41) is 14.1. The molecule has 0 bridgehead atoms. The quantitative estimate of drug-likeness (QED) is 0.806. The van der Waals surface area contributed by atoms with Crippen LogP contribution in [0.1, 0.15) is 31.0 Å².